The van der Waals surface area contributed by atoms with Gasteiger partial charge in [-0.3, -0.25) is 20.1 Å². The van der Waals surface area contributed by atoms with Crippen LogP contribution < -0.4 is 0 Å². The van der Waals surface area contributed by atoms with Crippen molar-refractivity contribution in [3.63, 3.8) is 0 Å². The summed E-state index contributed by atoms with van der Waals surface area (Å²) in [6, 6.07) is 15.1. The fraction of sp³-hybridized carbons (Fsp3) is 0. The molecule has 0 atom stereocenters. The largest absolute Gasteiger partial charge is 0.506 e. The van der Waals surface area contributed by atoms with Crippen LogP contribution in [0.25, 0.3) is 56.0 Å². The molecule has 6 aromatic heterocycles. The van der Waals surface area contributed by atoms with Crippen LogP contribution in [-0.4, -0.2) is 40.2 Å². The molecule has 0 spiro atoms. The quantitative estimate of drug-likeness (QED) is 0.403. The lowest BCUT2D eigenvalue weighted by atomic mass is 10.1. The molecular formula is C23H15N7O. The minimum atomic E-state index is 0.0944. The summed E-state index contributed by atoms with van der Waals surface area (Å²) >= 11 is 0. The second kappa shape index (κ2) is 6.74. The molecule has 0 aliphatic carbocycles. The highest BCUT2D eigenvalue weighted by Gasteiger charge is 2.16. The van der Waals surface area contributed by atoms with Gasteiger partial charge >= 0.3 is 0 Å². The third-order valence-electron chi connectivity index (χ3n) is 5.14. The highest BCUT2D eigenvalue weighted by molar-refractivity contribution is 5.98. The molecule has 148 valence electrons. The third kappa shape index (κ3) is 2.89. The first-order chi connectivity index (χ1) is 15.3. The highest BCUT2D eigenvalue weighted by Crippen LogP contribution is 2.32. The van der Waals surface area contributed by atoms with E-state index in [0.717, 1.165) is 44.6 Å². The summed E-state index contributed by atoms with van der Waals surface area (Å²) in [4.78, 5) is 21.2. The predicted octanol–water partition coefficient (Wildman–Crippen LogP) is 4.33. The van der Waals surface area contributed by atoms with Gasteiger partial charge in [-0.05, 0) is 42.5 Å². The Balaban J connectivity index is 1.51. The summed E-state index contributed by atoms with van der Waals surface area (Å²) in [5.74, 6) is 0.0944. The molecule has 6 aromatic rings. The molecule has 0 radical (unpaired) electrons. The molecule has 0 fully saturated rings. The average Bonchev–Trinajstić information content (AvgIpc) is 3.43. The normalized spacial score (nSPS) is 11.4. The van der Waals surface area contributed by atoms with Gasteiger partial charge in [0.1, 0.15) is 17.0 Å². The van der Waals surface area contributed by atoms with E-state index in [2.05, 4.69) is 30.1 Å². The average molecular weight is 405 g/mol. The van der Waals surface area contributed by atoms with E-state index in [1.165, 1.54) is 6.20 Å². The minimum Gasteiger partial charge on any atom is -0.506 e. The number of aromatic amines is 2. The summed E-state index contributed by atoms with van der Waals surface area (Å²) in [5, 5.41) is 18.3. The highest BCUT2D eigenvalue weighted by atomic mass is 16.3. The summed E-state index contributed by atoms with van der Waals surface area (Å²) < 4.78 is 0. The van der Waals surface area contributed by atoms with Crippen molar-refractivity contribution < 1.29 is 5.11 Å². The Hall–Kier alpha value is -4.59. The van der Waals surface area contributed by atoms with E-state index in [4.69, 9.17) is 4.98 Å². The number of fused-ring (bicyclic) bond motifs is 2. The van der Waals surface area contributed by atoms with Crippen molar-refractivity contribution in [2.75, 3.05) is 0 Å². The molecule has 3 N–H and O–H groups in total. The molecule has 8 heteroatoms. The second-order valence-electron chi connectivity index (χ2n) is 7.12. The molecule has 0 aromatic carbocycles. The molecule has 0 amide bonds. The van der Waals surface area contributed by atoms with Crippen LogP contribution in [0.5, 0.6) is 5.75 Å². The zero-order valence-electron chi connectivity index (χ0n) is 16.1. The van der Waals surface area contributed by atoms with Gasteiger partial charge < -0.3 is 10.1 Å². The lowest BCUT2D eigenvalue weighted by molar-refractivity contribution is 0.473. The van der Waals surface area contributed by atoms with E-state index >= 15 is 0 Å². The first-order valence-electron chi connectivity index (χ1n) is 9.65. The molecule has 0 bridgehead atoms. The minimum absolute atomic E-state index is 0.0944. The molecule has 31 heavy (non-hydrogen) atoms. The number of aromatic hydroxyl groups is 1. The molecule has 0 aliphatic rings. The molecule has 6 heterocycles. The van der Waals surface area contributed by atoms with Crippen molar-refractivity contribution in [1.29, 1.82) is 0 Å². The van der Waals surface area contributed by atoms with Crippen LogP contribution in [0.1, 0.15) is 0 Å². The number of nitrogens with one attached hydrogen (secondary N) is 2. The Bertz CT molecular complexity index is 1550. The zero-order chi connectivity index (χ0) is 20.8. The van der Waals surface area contributed by atoms with E-state index in [-0.39, 0.29) is 5.75 Å². The molecule has 0 unspecified atom stereocenters. The van der Waals surface area contributed by atoms with E-state index in [0.29, 0.717) is 11.4 Å². The van der Waals surface area contributed by atoms with E-state index < -0.39 is 0 Å². The van der Waals surface area contributed by atoms with Gasteiger partial charge in [0.25, 0.3) is 0 Å². The summed E-state index contributed by atoms with van der Waals surface area (Å²) in [7, 11) is 0. The SMILES string of the molecule is Oc1cncc(-c2ccc3[nH]nc(-c4cc5c(-c6ccccn6)nccc5[nH]4)c3n2)c1. The van der Waals surface area contributed by atoms with Gasteiger partial charge in [-0.15, -0.1) is 0 Å². The molecule has 0 saturated heterocycles. The summed E-state index contributed by atoms with van der Waals surface area (Å²) in [5.41, 5.74) is 7.04. The lowest BCUT2D eigenvalue weighted by Gasteiger charge is -2.01. The Morgan fingerprint density at radius 1 is 0.806 bits per heavy atom. The number of hydrogen-bond donors (Lipinski definition) is 3. The number of nitrogens with zero attached hydrogens (tertiary/aromatic N) is 5. The molecule has 0 saturated carbocycles. The van der Waals surface area contributed by atoms with Crippen LogP contribution in [0.4, 0.5) is 0 Å². The topological polar surface area (TPSA) is 116 Å². The number of rotatable bonds is 3. The van der Waals surface area contributed by atoms with Crippen LogP contribution in [-0.2, 0) is 0 Å². The first kappa shape index (κ1) is 17.3. The van der Waals surface area contributed by atoms with E-state index in [1.807, 2.05) is 42.5 Å². The van der Waals surface area contributed by atoms with Crippen LogP contribution in [0, 0.1) is 0 Å². The fourth-order valence-corrected chi connectivity index (χ4v) is 3.70. The van der Waals surface area contributed by atoms with Gasteiger partial charge in [0.2, 0.25) is 0 Å². The van der Waals surface area contributed by atoms with Gasteiger partial charge in [0.05, 0.1) is 34.5 Å². The third-order valence-corrected chi connectivity index (χ3v) is 5.14. The van der Waals surface area contributed by atoms with Crippen LogP contribution in [0.2, 0.25) is 0 Å². The molecule has 8 nitrogen and oxygen atoms in total. The number of H-pyrrole nitrogens is 2. The van der Waals surface area contributed by atoms with Crippen LogP contribution >= 0.6 is 0 Å². The summed E-state index contributed by atoms with van der Waals surface area (Å²) in [6.07, 6.45) is 6.58. The number of aromatic nitrogens is 7. The second-order valence-corrected chi connectivity index (χ2v) is 7.12. The van der Waals surface area contributed by atoms with Crippen molar-refractivity contribution in [3.8, 4) is 39.8 Å². The van der Waals surface area contributed by atoms with Gasteiger partial charge in [-0.2, -0.15) is 5.10 Å². The lowest BCUT2D eigenvalue weighted by Crippen LogP contribution is -1.86. The monoisotopic (exact) mass is 405 g/mol. The molecular weight excluding hydrogens is 390 g/mol. The van der Waals surface area contributed by atoms with E-state index in [9.17, 15) is 5.11 Å². The Labute approximate surface area is 175 Å². The maximum Gasteiger partial charge on any atom is 0.135 e. The summed E-state index contributed by atoms with van der Waals surface area (Å²) in [6.45, 7) is 0. The smallest absolute Gasteiger partial charge is 0.135 e. The number of hydrogen-bond acceptors (Lipinski definition) is 6. The molecule has 0 aliphatic heterocycles. The van der Waals surface area contributed by atoms with Gasteiger partial charge in [-0.25, -0.2) is 4.98 Å². The standard InChI is InChI=1S/C23H15N7O/c31-14-9-13(11-24-12-14)16-4-5-19-22(28-16)23(30-29-19)20-10-15-17(27-20)6-8-26-21(15)18-3-1-2-7-25-18/h1-12,27,31H,(H,29,30). The van der Waals surface area contributed by atoms with Crippen molar-refractivity contribution in [1.82, 2.24) is 35.1 Å². The van der Waals surface area contributed by atoms with Crippen molar-refractivity contribution in [2.45, 2.75) is 0 Å². The van der Waals surface area contributed by atoms with Gasteiger partial charge in [0.15, 0.2) is 0 Å². The van der Waals surface area contributed by atoms with Gasteiger partial charge in [0, 0.05) is 35.1 Å². The maximum absolute atomic E-state index is 9.76. The van der Waals surface area contributed by atoms with Crippen LogP contribution in [0.15, 0.2) is 73.3 Å². The predicted molar refractivity (Wildman–Crippen MR) is 117 cm³/mol. The van der Waals surface area contributed by atoms with Crippen molar-refractivity contribution in [2.24, 2.45) is 0 Å². The fourth-order valence-electron chi connectivity index (χ4n) is 3.70. The molecule has 6 rings (SSSR count). The Morgan fingerprint density at radius 2 is 1.77 bits per heavy atom. The Morgan fingerprint density at radius 3 is 2.65 bits per heavy atom. The zero-order valence-corrected chi connectivity index (χ0v) is 16.1. The van der Waals surface area contributed by atoms with Crippen molar-refractivity contribution in [3.05, 3.63) is 73.3 Å². The maximum atomic E-state index is 9.76. The van der Waals surface area contributed by atoms with Crippen molar-refractivity contribution >= 4 is 21.9 Å². The Kier molecular flexibility index (Phi) is 3.76. The number of pyridine rings is 4. The first-order valence-corrected chi connectivity index (χ1v) is 9.65. The van der Waals surface area contributed by atoms with Crippen LogP contribution in [0.3, 0.4) is 0 Å². The van der Waals surface area contributed by atoms with Gasteiger partial charge in [-0.1, -0.05) is 6.07 Å². The van der Waals surface area contributed by atoms with E-state index in [1.54, 1.807) is 24.7 Å².